The number of nitrogens with zero attached hydrogens (tertiary/aromatic N) is 1. The molecule has 1 amide bonds. The summed E-state index contributed by atoms with van der Waals surface area (Å²) in [6, 6.07) is 19.3. The normalized spacial score (nSPS) is 15.7. The number of hydrogen-bond donors (Lipinski definition) is 1. The summed E-state index contributed by atoms with van der Waals surface area (Å²) < 4.78 is 0. The summed E-state index contributed by atoms with van der Waals surface area (Å²) in [6.45, 7) is 7.52. The maximum absolute atomic E-state index is 12.3. The molecule has 1 saturated heterocycles. The van der Waals surface area contributed by atoms with E-state index in [1.807, 2.05) is 12.1 Å². The molecule has 1 aliphatic rings. The first-order valence-corrected chi connectivity index (χ1v) is 10.8. The number of hydrogen-bond acceptors (Lipinski definition) is 2. The Morgan fingerprint density at radius 3 is 2.21 bits per heavy atom. The molecular weight excluding hydrogens is 344 g/mol. The highest BCUT2D eigenvalue weighted by Gasteiger charge is 2.19. The Morgan fingerprint density at radius 1 is 0.964 bits per heavy atom. The van der Waals surface area contributed by atoms with E-state index in [-0.39, 0.29) is 11.9 Å². The molecule has 0 radical (unpaired) electrons. The van der Waals surface area contributed by atoms with E-state index in [0.717, 1.165) is 44.0 Å². The number of likely N-dealkylation sites (tertiary alicyclic amines) is 1. The summed E-state index contributed by atoms with van der Waals surface area (Å²) in [5, 5.41) is 3.11. The Kier molecular flexibility index (Phi) is 7.67. The number of amides is 1. The lowest BCUT2D eigenvalue weighted by Gasteiger charge is -2.32. The molecule has 150 valence electrons. The van der Waals surface area contributed by atoms with Gasteiger partial charge >= 0.3 is 0 Å². The van der Waals surface area contributed by atoms with E-state index < -0.39 is 0 Å². The number of carbonyl (C=O) groups excluding carboxylic acids is 1. The zero-order chi connectivity index (χ0) is 19.8. The Balaban J connectivity index is 1.45. The fourth-order valence-corrected chi connectivity index (χ4v) is 4.08. The average molecular weight is 379 g/mol. The quantitative estimate of drug-likeness (QED) is 0.696. The van der Waals surface area contributed by atoms with Crippen LogP contribution >= 0.6 is 0 Å². The predicted molar refractivity (Wildman–Crippen MR) is 116 cm³/mol. The van der Waals surface area contributed by atoms with Gasteiger partial charge in [0.1, 0.15) is 0 Å². The van der Waals surface area contributed by atoms with Gasteiger partial charge in [-0.3, -0.25) is 9.69 Å². The number of rotatable bonds is 8. The van der Waals surface area contributed by atoms with Crippen molar-refractivity contribution >= 4 is 5.91 Å². The molecule has 1 fully saturated rings. The molecule has 3 heteroatoms. The summed E-state index contributed by atoms with van der Waals surface area (Å²) in [4.78, 5) is 14.9. The third-order valence-corrected chi connectivity index (χ3v) is 6.02. The summed E-state index contributed by atoms with van der Waals surface area (Å²) in [6.07, 6.45) is 5.69. The van der Waals surface area contributed by atoms with E-state index in [2.05, 4.69) is 66.5 Å². The van der Waals surface area contributed by atoms with Gasteiger partial charge in [-0.15, -0.1) is 0 Å². The van der Waals surface area contributed by atoms with E-state index >= 15 is 0 Å². The summed E-state index contributed by atoms with van der Waals surface area (Å²) >= 11 is 0. The minimum Gasteiger partial charge on any atom is -0.349 e. The highest BCUT2D eigenvalue weighted by atomic mass is 16.1. The minimum atomic E-state index is 0.0435. The van der Waals surface area contributed by atoms with Crippen LogP contribution in [0, 0.1) is 5.92 Å². The van der Waals surface area contributed by atoms with Gasteiger partial charge in [-0.2, -0.15) is 0 Å². The van der Waals surface area contributed by atoms with E-state index in [1.165, 1.54) is 30.4 Å². The summed E-state index contributed by atoms with van der Waals surface area (Å²) in [5.41, 5.74) is 3.51. The maximum atomic E-state index is 12.3. The van der Waals surface area contributed by atoms with Gasteiger partial charge in [-0.05, 0) is 74.4 Å². The second-order valence-corrected chi connectivity index (χ2v) is 8.09. The SMILES string of the molecule is CCC(CC)NC(=O)c1ccc(CN2CCC(Cc3ccccc3)CC2)cc1. The Labute approximate surface area is 170 Å². The monoisotopic (exact) mass is 378 g/mol. The van der Waals surface area contributed by atoms with Crippen LogP contribution in [-0.4, -0.2) is 29.9 Å². The van der Waals surface area contributed by atoms with Crippen LogP contribution in [0.15, 0.2) is 54.6 Å². The molecule has 3 rings (SSSR count). The minimum absolute atomic E-state index is 0.0435. The first-order chi connectivity index (χ1) is 13.7. The second-order valence-electron chi connectivity index (χ2n) is 8.09. The van der Waals surface area contributed by atoms with Crippen molar-refractivity contribution in [1.29, 1.82) is 0 Å². The van der Waals surface area contributed by atoms with Gasteiger partial charge in [0.05, 0.1) is 0 Å². The first kappa shape index (κ1) is 20.6. The van der Waals surface area contributed by atoms with Crippen LogP contribution in [0.5, 0.6) is 0 Å². The smallest absolute Gasteiger partial charge is 0.251 e. The molecule has 0 saturated carbocycles. The van der Waals surface area contributed by atoms with Crippen LogP contribution in [0.4, 0.5) is 0 Å². The highest BCUT2D eigenvalue weighted by molar-refractivity contribution is 5.94. The lowest BCUT2D eigenvalue weighted by Crippen LogP contribution is -2.34. The van der Waals surface area contributed by atoms with Crippen molar-refractivity contribution in [2.75, 3.05) is 13.1 Å². The number of nitrogens with one attached hydrogen (secondary N) is 1. The van der Waals surface area contributed by atoms with Crippen molar-refractivity contribution < 1.29 is 4.79 Å². The topological polar surface area (TPSA) is 32.3 Å². The van der Waals surface area contributed by atoms with E-state index in [9.17, 15) is 4.79 Å². The molecule has 0 spiro atoms. The van der Waals surface area contributed by atoms with Crippen molar-refractivity contribution in [3.05, 3.63) is 71.3 Å². The van der Waals surface area contributed by atoms with Crippen molar-refractivity contribution in [2.45, 2.75) is 58.5 Å². The molecule has 0 unspecified atom stereocenters. The van der Waals surface area contributed by atoms with Gasteiger partial charge < -0.3 is 5.32 Å². The molecule has 0 aliphatic carbocycles. The molecular formula is C25H34N2O. The van der Waals surface area contributed by atoms with E-state index in [1.54, 1.807) is 0 Å². The van der Waals surface area contributed by atoms with E-state index in [4.69, 9.17) is 0 Å². The van der Waals surface area contributed by atoms with Crippen LogP contribution < -0.4 is 5.32 Å². The van der Waals surface area contributed by atoms with Crippen LogP contribution in [0.3, 0.4) is 0 Å². The van der Waals surface area contributed by atoms with Gasteiger partial charge in [-0.1, -0.05) is 56.3 Å². The number of carbonyl (C=O) groups is 1. The van der Waals surface area contributed by atoms with Gasteiger partial charge in [0.25, 0.3) is 5.91 Å². The van der Waals surface area contributed by atoms with Crippen molar-refractivity contribution in [3.63, 3.8) is 0 Å². The zero-order valence-corrected chi connectivity index (χ0v) is 17.4. The average Bonchev–Trinajstić information content (AvgIpc) is 2.74. The molecule has 0 bridgehead atoms. The third kappa shape index (κ3) is 5.93. The van der Waals surface area contributed by atoms with Crippen LogP contribution in [0.25, 0.3) is 0 Å². The first-order valence-electron chi connectivity index (χ1n) is 10.8. The molecule has 2 aromatic carbocycles. The molecule has 1 N–H and O–H groups in total. The Hall–Kier alpha value is -2.13. The van der Waals surface area contributed by atoms with E-state index in [0.29, 0.717) is 0 Å². The van der Waals surface area contributed by atoms with Gasteiger partial charge in [-0.25, -0.2) is 0 Å². The molecule has 1 aliphatic heterocycles. The standard InChI is InChI=1S/C25H34N2O/c1-3-24(4-2)26-25(28)23-12-10-22(11-13-23)19-27-16-14-21(15-17-27)18-20-8-6-5-7-9-20/h5-13,21,24H,3-4,14-19H2,1-2H3,(H,26,28). The lowest BCUT2D eigenvalue weighted by molar-refractivity contribution is 0.0935. The molecule has 0 atom stereocenters. The zero-order valence-electron chi connectivity index (χ0n) is 17.4. The fraction of sp³-hybridized carbons (Fsp3) is 0.480. The molecule has 2 aromatic rings. The van der Waals surface area contributed by atoms with Crippen molar-refractivity contribution in [2.24, 2.45) is 5.92 Å². The molecule has 28 heavy (non-hydrogen) atoms. The van der Waals surface area contributed by atoms with Crippen molar-refractivity contribution in [1.82, 2.24) is 10.2 Å². The fourth-order valence-electron chi connectivity index (χ4n) is 4.08. The van der Waals surface area contributed by atoms with Crippen LogP contribution in [0.1, 0.15) is 61.0 Å². The molecule has 1 heterocycles. The largest absolute Gasteiger partial charge is 0.349 e. The predicted octanol–water partition coefficient (Wildman–Crippen LogP) is 5.06. The van der Waals surface area contributed by atoms with Crippen LogP contribution in [0.2, 0.25) is 0 Å². The highest BCUT2D eigenvalue weighted by Crippen LogP contribution is 2.23. The second kappa shape index (κ2) is 10.4. The summed E-state index contributed by atoms with van der Waals surface area (Å²) in [5.74, 6) is 0.844. The summed E-state index contributed by atoms with van der Waals surface area (Å²) in [7, 11) is 0. The Morgan fingerprint density at radius 2 is 1.61 bits per heavy atom. The van der Waals surface area contributed by atoms with Crippen LogP contribution in [-0.2, 0) is 13.0 Å². The maximum Gasteiger partial charge on any atom is 0.251 e. The third-order valence-electron chi connectivity index (χ3n) is 6.02. The van der Waals surface area contributed by atoms with Gasteiger partial charge in [0.2, 0.25) is 0 Å². The molecule has 3 nitrogen and oxygen atoms in total. The Bertz CT molecular complexity index is 714. The number of piperidine rings is 1. The van der Waals surface area contributed by atoms with Gasteiger partial charge in [0, 0.05) is 18.2 Å². The lowest BCUT2D eigenvalue weighted by atomic mass is 9.90. The van der Waals surface area contributed by atoms with Crippen molar-refractivity contribution in [3.8, 4) is 0 Å². The number of benzene rings is 2. The molecule has 0 aromatic heterocycles. The van der Waals surface area contributed by atoms with Gasteiger partial charge in [0.15, 0.2) is 0 Å².